The molecule has 1 aliphatic heterocycles. The highest BCUT2D eigenvalue weighted by Gasteiger charge is 2.30. The Hall–Kier alpha value is -1.47. The van der Waals surface area contributed by atoms with Gasteiger partial charge in [-0.15, -0.1) is 0 Å². The van der Waals surface area contributed by atoms with Crippen molar-refractivity contribution in [3.63, 3.8) is 0 Å². The van der Waals surface area contributed by atoms with Crippen molar-refractivity contribution < 1.29 is 13.2 Å². The Kier molecular flexibility index (Phi) is 3.71. The van der Waals surface area contributed by atoms with Gasteiger partial charge in [-0.25, -0.2) is 8.42 Å². The third-order valence-electron chi connectivity index (χ3n) is 3.72. The molecule has 112 valence electrons. The zero-order valence-electron chi connectivity index (χ0n) is 11.7. The molecule has 2 heterocycles. The van der Waals surface area contributed by atoms with Crippen molar-refractivity contribution in [3.05, 3.63) is 30.0 Å². The molecule has 0 bridgehead atoms. The number of rotatable bonds is 1. The van der Waals surface area contributed by atoms with E-state index >= 15 is 0 Å². The number of benzene rings is 1. The highest BCUT2D eigenvalue weighted by atomic mass is 32.2. The van der Waals surface area contributed by atoms with Gasteiger partial charge in [-0.1, -0.05) is 18.2 Å². The summed E-state index contributed by atoms with van der Waals surface area (Å²) in [6.45, 7) is 2.25. The number of hydrogen-bond acceptors (Lipinski definition) is 5. The van der Waals surface area contributed by atoms with Crippen LogP contribution in [0.2, 0.25) is 0 Å². The molecule has 1 unspecified atom stereocenters. The van der Waals surface area contributed by atoms with Crippen LogP contribution < -0.4 is 0 Å². The summed E-state index contributed by atoms with van der Waals surface area (Å²) in [5.74, 6) is 0.0109. The second-order valence-electron chi connectivity index (χ2n) is 5.34. The maximum atomic E-state index is 12.7. The molecule has 1 aromatic carbocycles. The number of hydrogen-bond donors (Lipinski definition) is 0. The molecule has 1 amide bonds. The largest absolute Gasteiger partial charge is 0.334 e. The van der Waals surface area contributed by atoms with E-state index in [1.807, 2.05) is 24.3 Å². The average molecular weight is 324 g/mol. The quantitative estimate of drug-likeness (QED) is 0.804. The van der Waals surface area contributed by atoms with Gasteiger partial charge in [-0.2, -0.15) is 4.37 Å². The summed E-state index contributed by atoms with van der Waals surface area (Å²) in [6, 6.07) is 7.29. The fourth-order valence-electron chi connectivity index (χ4n) is 2.69. The first-order valence-corrected chi connectivity index (χ1v) is 9.43. The Morgan fingerprint density at radius 3 is 2.95 bits per heavy atom. The molecule has 0 spiro atoms. The van der Waals surface area contributed by atoms with Crippen LogP contribution in [0, 0.1) is 0 Å². The Morgan fingerprint density at radius 1 is 1.38 bits per heavy atom. The monoisotopic (exact) mass is 324 g/mol. The first-order valence-electron chi connectivity index (χ1n) is 6.84. The van der Waals surface area contributed by atoms with Gasteiger partial charge in [0, 0.05) is 18.0 Å². The van der Waals surface area contributed by atoms with Crippen LogP contribution in [0.5, 0.6) is 0 Å². The van der Waals surface area contributed by atoms with E-state index in [2.05, 4.69) is 4.37 Å². The smallest absolute Gasteiger partial charge is 0.274 e. The molecule has 7 heteroatoms. The number of carbonyl (C=O) groups excluding carboxylic acids is 1. The molecular formula is C14H16N2O3S2. The van der Waals surface area contributed by atoms with Gasteiger partial charge in [-0.3, -0.25) is 4.79 Å². The number of carbonyl (C=O) groups is 1. The lowest BCUT2D eigenvalue weighted by atomic mass is 10.2. The van der Waals surface area contributed by atoms with Crippen molar-refractivity contribution in [2.24, 2.45) is 0 Å². The summed E-state index contributed by atoms with van der Waals surface area (Å²) >= 11 is 1.30. The minimum atomic E-state index is -3.06. The Bertz CT molecular complexity index is 782. The van der Waals surface area contributed by atoms with Gasteiger partial charge in [-0.05, 0) is 30.9 Å². The van der Waals surface area contributed by atoms with Crippen LogP contribution in [0.25, 0.3) is 10.1 Å². The average Bonchev–Trinajstić information content (AvgIpc) is 2.80. The van der Waals surface area contributed by atoms with Crippen LogP contribution >= 0.6 is 11.5 Å². The van der Waals surface area contributed by atoms with Crippen molar-refractivity contribution in [2.45, 2.75) is 19.4 Å². The molecule has 1 aromatic heterocycles. The summed E-state index contributed by atoms with van der Waals surface area (Å²) in [6.07, 6.45) is 0.487. The first kappa shape index (κ1) is 14.5. The number of fused-ring (bicyclic) bond motifs is 1. The van der Waals surface area contributed by atoms with Crippen molar-refractivity contribution in [1.82, 2.24) is 9.27 Å². The summed E-state index contributed by atoms with van der Waals surface area (Å²) in [5, 5.41) is 0.840. The summed E-state index contributed by atoms with van der Waals surface area (Å²) in [4.78, 5) is 14.4. The van der Waals surface area contributed by atoms with Crippen LogP contribution in [0.1, 0.15) is 23.8 Å². The van der Waals surface area contributed by atoms with E-state index < -0.39 is 9.84 Å². The standard InChI is InChI=1S/C14H16N2O3S2/c1-10-9-21(18,19)8-4-7-16(10)14(17)13-11-5-2-3-6-12(11)20-15-13/h2-3,5-6,10H,4,7-9H2,1H3. The Balaban J connectivity index is 1.94. The molecule has 21 heavy (non-hydrogen) atoms. The molecule has 0 N–H and O–H groups in total. The van der Waals surface area contributed by atoms with E-state index in [4.69, 9.17) is 0 Å². The van der Waals surface area contributed by atoms with E-state index in [-0.39, 0.29) is 23.5 Å². The van der Waals surface area contributed by atoms with Gasteiger partial charge in [0.2, 0.25) is 0 Å². The maximum absolute atomic E-state index is 12.7. The molecule has 5 nitrogen and oxygen atoms in total. The van der Waals surface area contributed by atoms with E-state index in [1.54, 1.807) is 11.8 Å². The molecule has 0 radical (unpaired) electrons. The summed E-state index contributed by atoms with van der Waals surface area (Å²) in [5.41, 5.74) is 0.432. The normalized spacial score (nSPS) is 22.1. The van der Waals surface area contributed by atoms with E-state index in [1.165, 1.54) is 11.5 Å². The van der Waals surface area contributed by atoms with Crippen molar-refractivity contribution in [2.75, 3.05) is 18.1 Å². The lowest BCUT2D eigenvalue weighted by molar-refractivity contribution is 0.0710. The number of nitrogens with zero attached hydrogens (tertiary/aromatic N) is 2. The lowest BCUT2D eigenvalue weighted by Gasteiger charge is -2.25. The van der Waals surface area contributed by atoms with Gasteiger partial charge in [0.25, 0.3) is 5.91 Å². The zero-order valence-corrected chi connectivity index (χ0v) is 13.3. The lowest BCUT2D eigenvalue weighted by Crippen LogP contribution is -2.41. The molecule has 3 rings (SSSR count). The minimum absolute atomic E-state index is 0.0286. The number of amides is 1. The van der Waals surface area contributed by atoms with E-state index in [0.29, 0.717) is 18.7 Å². The van der Waals surface area contributed by atoms with Crippen LogP contribution in [-0.4, -0.2) is 47.7 Å². The third kappa shape index (κ3) is 2.80. The fraction of sp³-hybridized carbons (Fsp3) is 0.429. The predicted octanol–water partition coefficient (Wildman–Crippen LogP) is 1.95. The molecule has 0 saturated carbocycles. The van der Waals surface area contributed by atoms with E-state index in [9.17, 15) is 13.2 Å². The third-order valence-corrected chi connectivity index (χ3v) is 6.45. The number of aromatic nitrogens is 1. The second-order valence-corrected chi connectivity index (χ2v) is 8.38. The van der Waals surface area contributed by atoms with Crippen molar-refractivity contribution in [3.8, 4) is 0 Å². The van der Waals surface area contributed by atoms with Gasteiger partial charge >= 0.3 is 0 Å². The first-order chi connectivity index (χ1) is 9.98. The predicted molar refractivity (Wildman–Crippen MR) is 83.4 cm³/mol. The van der Waals surface area contributed by atoms with Crippen LogP contribution in [-0.2, 0) is 9.84 Å². The highest BCUT2D eigenvalue weighted by Crippen LogP contribution is 2.25. The highest BCUT2D eigenvalue weighted by molar-refractivity contribution is 7.91. The molecule has 1 aliphatic rings. The van der Waals surface area contributed by atoms with Gasteiger partial charge < -0.3 is 4.90 Å². The van der Waals surface area contributed by atoms with Crippen molar-refractivity contribution >= 4 is 37.4 Å². The summed E-state index contributed by atoms with van der Waals surface area (Å²) < 4.78 is 28.8. The second kappa shape index (κ2) is 5.38. The maximum Gasteiger partial charge on any atom is 0.274 e. The molecule has 1 fully saturated rings. The van der Waals surface area contributed by atoms with Crippen LogP contribution in [0.4, 0.5) is 0 Å². The summed E-state index contributed by atoms with van der Waals surface area (Å²) in [7, 11) is -3.06. The minimum Gasteiger partial charge on any atom is -0.334 e. The van der Waals surface area contributed by atoms with Crippen molar-refractivity contribution in [1.29, 1.82) is 0 Å². The van der Waals surface area contributed by atoms with Gasteiger partial charge in [0.05, 0.1) is 16.2 Å². The SMILES string of the molecule is CC1CS(=O)(=O)CCCN1C(=O)c1nsc2ccccc12. The molecule has 1 saturated heterocycles. The molecule has 2 aromatic rings. The zero-order chi connectivity index (χ0) is 15.0. The van der Waals surface area contributed by atoms with Crippen LogP contribution in [0.15, 0.2) is 24.3 Å². The Labute approximate surface area is 127 Å². The fourth-order valence-corrected chi connectivity index (χ4v) is 5.11. The number of sulfone groups is 1. The molecule has 0 aliphatic carbocycles. The van der Waals surface area contributed by atoms with Crippen LogP contribution in [0.3, 0.4) is 0 Å². The molecular weight excluding hydrogens is 308 g/mol. The molecule has 1 atom stereocenters. The Morgan fingerprint density at radius 2 is 2.14 bits per heavy atom. The van der Waals surface area contributed by atoms with Gasteiger partial charge in [0.15, 0.2) is 9.84 Å². The topological polar surface area (TPSA) is 67.3 Å². The van der Waals surface area contributed by atoms with Gasteiger partial charge in [0.1, 0.15) is 5.69 Å². The van der Waals surface area contributed by atoms with E-state index in [0.717, 1.165) is 10.1 Å².